The van der Waals surface area contributed by atoms with Crippen LogP contribution in [0.5, 0.6) is 0 Å². The number of carboxylic acids is 1. The molecule has 2 nitrogen and oxygen atoms in total. The van der Waals surface area contributed by atoms with Crippen molar-refractivity contribution in [2.45, 2.75) is 12.8 Å². The van der Waals surface area contributed by atoms with Gasteiger partial charge in [-0.3, -0.25) is 0 Å². The number of halogens is 1. The molecule has 1 N–H and O–H groups in total. The molecule has 0 aromatic heterocycles. The zero-order valence-electron chi connectivity index (χ0n) is 5.38. The molecule has 0 unspecified atom stereocenters. The van der Waals surface area contributed by atoms with Gasteiger partial charge in [-0.2, -0.15) is 0 Å². The fourth-order valence-electron chi connectivity index (χ4n) is 0.659. The van der Waals surface area contributed by atoms with Crippen LogP contribution in [0.2, 0.25) is 0 Å². The van der Waals surface area contributed by atoms with E-state index < -0.39 is 5.97 Å². The van der Waals surface area contributed by atoms with E-state index in [9.17, 15) is 4.79 Å². The molecule has 0 radical (unpaired) electrons. The van der Waals surface area contributed by atoms with Crippen LogP contribution >= 0.6 is 0 Å². The van der Waals surface area contributed by atoms with Crippen LogP contribution in [0.1, 0.15) is 12.8 Å². The van der Waals surface area contributed by atoms with Crippen molar-refractivity contribution in [3.8, 4) is 0 Å². The van der Waals surface area contributed by atoms with Crippen molar-refractivity contribution in [1.82, 2.24) is 0 Å². The summed E-state index contributed by atoms with van der Waals surface area (Å²) in [5, 5.41) is 8.34. The van der Waals surface area contributed by atoms with E-state index in [4.69, 9.17) is 5.11 Å². The number of aliphatic carboxylic acids is 1. The van der Waals surface area contributed by atoms with Crippen molar-refractivity contribution in [1.29, 1.82) is 0 Å². The van der Waals surface area contributed by atoms with Crippen molar-refractivity contribution in [2.75, 3.05) is 0 Å². The van der Waals surface area contributed by atoms with Gasteiger partial charge in [-0.25, -0.2) is 0 Å². The second kappa shape index (κ2) is 3.75. The van der Waals surface area contributed by atoms with E-state index >= 15 is 0 Å². The zero-order valence-corrected chi connectivity index (χ0v) is 7.54. The molecule has 1 heterocycles. The fourth-order valence-corrected chi connectivity index (χ4v) is 2.53. The summed E-state index contributed by atoms with van der Waals surface area (Å²) in [4.78, 5) is 10.1. The van der Waals surface area contributed by atoms with Crippen LogP contribution in [0, 0.1) is 0 Å². The van der Waals surface area contributed by atoms with Crippen LogP contribution < -0.4 is 21.2 Å². The summed E-state index contributed by atoms with van der Waals surface area (Å²) < 4.78 is 3.48. The molecule has 1 aliphatic heterocycles. The number of carbonyl (C=O) groups is 1. The predicted molar refractivity (Wildman–Crippen MR) is 34.1 cm³/mol. The maximum absolute atomic E-state index is 10.1. The van der Waals surface area contributed by atoms with Gasteiger partial charge in [0.05, 0.1) is 0 Å². The van der Waals surface area contributed by atoms with Crippen molar-refractivity contribution >= 4 is 5.97 Å². The molecule has 56 valence electrons. The molecule has 0 saturated heterocycles. The topological polar surface area (TPSA) is 37.3 Å². The zero-order chi connectivity index (χ0) is 7.40. The average molecular weight is 251 g/mol. The molecule has 1 rings (SSSR count). The Morgan fingerprint density at radius 1 is 1.70 bits per heavy atom. The summed E-state index contributed by atoms with van der Waals surface area (Å²) in [6.07, 6.45) is 5.09. The molecule has 10 heavy (non-hydrogen) atoms. The maximum atomic E-state index is 10.1. The third-order valence-electron chi connectivity index (χ3n) is 1.13. The third-order valence-corrected chi connectivity index (χ3v) is 3.60. The van der Waals surface area contributed by atoms with Gasteiger partial charge in [0.25, 0.3) is 0 Å². The van der Waals surface area contributed by atoms with Gasteiger partial charge in [-0.05, 0) is 0 Å². The summed E-state index contributed by atoms with van der Waals surface area (Å²) in [7, 11) is 0. The van der Waals surface area contributed by atoms with Gasteiger partial charge >= 0.3 is 69.7 Å². The van der Waals surface area contributed by atoms with Gasteiger partial charge in [0, 0.05) is 0 Å². The van der Waals surface area contributed by atoms with Crippen LogP contribution in [0.15, 0.2) is 19.8 Å². The Bertz CT molecular complexity index is 194. The van der Waals surface area contributed by atoms with E-state index in [0.717, 1.165) is 6.42 Å². The quantitative estimate of drug-likeness (QED) is 0.610. The summed E-state index contributed by atoms with van der Waals surface area (Å²) in [6, 6.07) is 0. The van der Waals surface area contributed by atoms with Crippen LogP contribution in [0.4, 0.5) is 0 Å². The number of carboxylic acid groups (broad SMARTS) is 1. The minimum atomic E-state index is -0.697. The van der Waals surface area contributed by atoms with Crippen molar-refractivity contribution in [3.63, 3.8) is 0 Å². The van der Waals surface area contributed by atoms with Crippen LogP contribution in [-0.4, -0.2) is 11.1 Å². The first-order valence-electron chi connectivity index (χ1n) is 3.00. The molecule has 1 aliphatic rings. The molecular weight excluding hydrogens is 243 g/mol. The van der Waals surface area contributed by atoms with E-state index in [-0.39, 0.29) is 27.6 Å². The number of hydrogen-bond donors (Lipinski definition) is 1. The van der Waals surface area contributed by atoms with E-state index in [1.165, 1.54) is 3.58 Å². The van der Waals surface area contributed by atoms with Gasteiger partial charge < -0.3 is 0 Å². The van der Waals surface area contributed by atoms with Crippen LogP contribution in [0.25, 0.3) is 0 Å². The first-order chi connectivity index (χ1) is 4.79. The van der Waals surface area contributed by atoms with E-state index in [1.807, 2.05) is 12.2 Å². The molecular formula is C7H8IO2-. The van der Waals surface area contributed by atoms with Crippen LogP contribution in [0.3, 0.4) is 0 Å². The van der Waals surface area contributed by atoms with Crippen molar-refractivity contribution in [3.05, 3.63) is 19.8 Å². The van der Waals surface area contributed by atoms with Gasteiger partial charge in [-0.15, -0.1) is 0 Å². The SMILES string of the molecule is O=C(O)CCC1=CC=C[I-]1. The van der Waals surface area contributed by atoms with Crippen LogP contribution in [-0.2, 0) is 4.79 Å². The second-order valence-electron chi connectivity index (χ2n) is 1.93. The van der Waals surface area contributed by atoms with E-state index in [0.29, 0.717) is 0 Å². The fraction of sp³-hybridized carbons (Fsp3) is 0.286. The molecule has 0 amide bonds. The Morgan fingerprint density at radius 3 is 3.00 bits per heavy atom. The van der Waals surface area contributed by atoms with Crippen molar-refractivity contribution < 1.29 is 31.1 Å². The molecule has 0 aliphatic carbocycles. The Labute approximate surface area is 69.9 Å². The Kier molecular flexibility index (Phi) is 2.92. The molecule has 3 heteroatoms. The van der Waals surface area contributed by atoms with Gasteiger partial charge in [0.15, 0.2) is 0 Å². The summed E-state index contributed by atoms with van der Waals surface area (Å²) >= 11 is 0.0616. The van der Waals surface area contributed by atoms with Gasteiger partial charge in [0.2, 0.25) is 0 Å². The Morgan fingerprint density at radius 2 is 2.50 bits per heavy atom. The average Bonchev–Trinajstić information content (AvgIpc) is 2.34. The minimum absolute atomic E-state index is 0.0616. The van der Waals surface area contributed by atoms with E-state index in [1.54, 1.807) is 0 Å². The number of hydrogen-bond acceptors (Lipinski definition) is 1. The monoisotopic (exact) mass is 251 g/mol. The first-order valence-corrected chi connectivity index (χ1v) is 5.32. The third kappa shape index (κ3) is 2.51. The molecule has 0 saturated carbocycles. The van der Waals surface area contributed by atoms with Crippen molar-refractivity contribution in [2.24, 2.45) is 0 Å². The summed E-state index contributed by atoms with van der Waals surface area (Å²) in [6.45, 7) is 0. The molecule has 0 aromatic rings. The van der Waals surface area contributed by atoms with Gasteiger partial charge in [0.1, 0.15) is 0 Å². The standard InChI is InChI=1S/C7H8IO2/c9-7(10)4-3-6-2-1-5-8-6/h1-2,5H,3-4H2,(H,9,10)/q-1. The predicted octanol–water partition coefficient (Wildman–Crippen LogP) is -1.65. The van der Waals surface area contributed by atoms with E-state index in [2.05, 4.69) is 4.08 Å². The first kappa shape index (κ1) is 7.78. The Balaban J connectivity index is 2.21. The number of allylic oxidation sites excluding steroid dienone is 3. The molecule has 0 aromatic carbocycles. The molecule has 0 fully saturated rings. The Hall–Kier alpha value is -0.320. The molecule has 0 bridgehead atoms. The molecule has 0 spiro atoms. The summed E-state index contributed by atoms with van der Waals surface area (Å²) in [5.74, 6) is -0.697. The molecule has 0 atom stereocenters. The second-order valence-corrected chi connectivity index (χ2v) is 4.66. The van der Waals surface area contributed by atoms with Gasteiger partial charge in [-0.1, -0.05) is 0 Å². The summed E-state index contributed by atoms with van der Waals surface area (Å²) in [5.41, 5.74) is 0. The number of rotatable bonds is 3. The normalized spacial score (nSPS) is 16.2.